The summed E-state index contributed by atoms with van der Waals surface area (Å²) in [5, 5.41) is 6.94. The van der Waals surface area contributed by atoms with Crippen molar-refractivity contribution in [1.29, 1.82) is 0 Å². The molecule has 0 saturated carbocycles. The number of rotatable bonds is 7. The van der Waals surface area contributed by atoms with Crippen molar-refractivity contribution in [3.8, 4) is 0 Å². The number of H-pyrrole nitrogens is 1. The molecule has 2 heterocycles. The Morgan fingerprint density at radius 2 is 2.07 bits per heavy atom. The molecule has 1 aliphatic heterocycles. The van der Waals surface area contributed by atoms with Gasteiger partial charge in [0.1, 0.15) is 11.9 Å². The highest BCUT2D eigenvalue weighted by molar-refractivity contribution is 5.87. The van der Waals surface area contributed by atoms with Gasteiger partial charge in [-0.3, -0.25) is 4.79 Å². The molecule has 0 radical (unpaired) electrons. The average Bonchev–Trinajstić information content (AvgIpc) is 3.07. The van der Waals surface area contributed by atoms with E-state index in [1.807, 2.05) is 0 Å². The Morgan fingerprint density at radius 1 is 1.32 bits per heavy atom. The van der Waals surface area contributed by atoms with E-state index in [-0.39, 0.29) is 30.6 Å². The van der Waals surface area contributed by atoms with Crippen LogP contribution in [0.15, 0.2) is 24.4 Å². The molecule has 1 unspecified atom stereocenters. The molecule has 1 aromatic heterocycles. The minimum atomic E-state index is -0.764. The first-order valence-electron chi connectivity index (χ1n) is 9.40. The molecule has 28 heavy (non-hydrogen) atoms. The second-order valence-electron chi connectivity index (χ2n) is 7.08. The van der Waals surface area contributed by atoms with Gasteiger partial charge in [0.05, 0.1) is 7.11 Å². The lowest BCUT2D eigenvalue weighted by molar-refractivity contribution is -0.145. The maximum atomic E-state index is 13.3. The Hall–Kier alpha value is -2.12. The SMILES string of the molecule is COC(=O)C(Cc1c[nH]c2cc(F)ccc12)NC(=O)CCC1CCNCC1.Cl. The molecule has 0 aliphatic carbocycles. The average molecular weight is 412 g/mol. The number of piperidine rings is 1. The van der Waals surface area contributed by atoms with Crippen LogP contribution in [-0.4, -0.2) is 43.1 Å². The lowest BCUT2D eigenvalue weighted by Gasteiger charge is -2.22. The molecule has 6 nitrogen and oxygen atoms in total. The number of hydrogen-bond donors (Lipinski definition) is 3. The summed E-state index contributed by atoms with van der Waals surface area (Å²) in [4.78, 5) is 27.5. The summed E-state index contributed by atoms with van der Waals surface area (Å²) in [6.07, 6.45) is 5.42. The van der Waals surface area contributed by atoms with Gasteiger partial charge in [-0.2, -0.15) is 0 Å². The highest BCUT2D eigenvalue weighted by atomic mass is 35.5. The van der Waals surface area contributed by atoms with Crippen molar-refractivity contribution in [2.45, 2.75) is 38.1 Å². The minimum absolute atomic E-state index is 0. The summed E-state index contributed by atoms with van der Waals surface area (Å²) in [6.45, 7) is 2.00. The first-order chi connectivity index (χ1) is 13.1. The highest BCUT2D eigenvalue weighted by Crippen LogP contribution is 2.21. The van der Waals surface area contributed by atoms with E-state index in [0.29, 0.717) is 17.9 Å². The quantitative estimate of drug-likeness (QED) is 0.612. The lowest BCUT2D eigenvalue weighted by atomic mass is 9.93. The van der Waals surface area contributed by atoms with Gasteiger partial charge in [0.2, 0.25) is 5.91 Å². The van der Waals surface area contributed by atoms with Gasteiger partial charge in [-0.1, -0.05) is 0 Å². The molecule has 0 bridgehead atoms. The molecule has 154 valence electrons. The van der Waals surface area contributed by atoms with Crippen LogP contribution in [0.5, 0.6) is 0 Å². The number of esters is 1. The third kappa shape index (κ3) is 5.69. The summed E-state index contributed by atoms with van der Waals surface area (Å²) in [7, 11) is 1.31. The second-order valence-corrected chi connectivity index (χ2v) is 7.08. The zero-order valence-corrected chi connectivity index (χ0v) is 16.7. The van der Waals surface area contributed by atoms with Crippen molar-refractivity contribution in [3.63, 3.8) is 0 Å². The largest absolute Gasteiger partial charge is 0.467 e. The summed E-state index contributed by atoms with van der Waals surface area (Å²) in [6, 6.07) is 3.69. The molecule has 3 rings (SSSR count). The zero-order valence-electron chi connectivity index (χ0n) is 15.9. The van der Waals surface area contributed by atoms with Gasteiger partial charge in [-0.15, -0.1) is 12.4 Å². The molecular formula is C20H27ClFN3O3. The predicted molar refractivity (Wildman–Crippen MR) is 108 cm³/mol. The molecule has 8 heteroatoms. The lowest BCUT2D eigenvalue weighted by Crippen LogP contribution is -2.43. The molecule has 1 fully saturated rings. The topological polar surface area (TPSA) is 83.2 Å². The van der Waals surface area contributed by atoms with Gasteiger partial charge >= 0.3 is 5.97 Å². The fourth-order valence-corrected chi connectivity index (χ4v) is 3.65. The first-order valence-corrected chi connectivity index (χ1v) is 9.40. The number of fused-ring (bicyclic) bond motifs is 1. The van der Waals surface area contributed by atoms with E-state index in [0.717, 1.165) is 43.3 Å². The first kappa shape index (κ1) is 22.2. The Bertz CT molecular complexity index is 805. The van der Waals surface area contributed by atoms with Gasteiger partial charge in [0, 0.05) is 29.9 Å². The van der Waals surface area contributed by atoms with E-state index < -0.39 is 12.0 Å². The van der Waals surface area contributed by atoms with Crippen molar-refractivity contribution in [2.75, 3.05) is 20.2 Å². The van der Waals surface area contributed by atoms with Crippen LogP contribution in [0.3, 0.4) is 0 Å². The van der Waals surface area contributed by atoms with Crippen LogP contribution in [0.1, 0.15) is 31.2 Å². The minimum Gasteiger partial charge on any atom is -0.467 e. The molecule has 1 amide bonds. The fourth-order valence-electron chi connectivity index (χ4n) is 3.65. The molecule has 3 N–H and O–H groups in total. The van der Waals surface area contributed by atoms with Crippen molar-refractivity contribution >= 4 is 35.2 Å². The van der Waals surface area contributed by atoms with E-state index in [2.05, 4.69) is 15.6 Å². The summed E-state index contributed by atoms with van der Waals surface area (Å²) >= 11 is 0. The third-order valence-corrected chi connectivity index (χ3v) is 5.21. The number of halogens is 2. The van der Waals surface area contributed by atoms with Crippen molar-refractivity contribution < 1.29 is 18.7 Å². The Balaban J connectivity index is 0.00000280. The molecule has 1 atom stereocenters. The van der Waals surface area contributed by atoms with Gasteiger partial charge in [-0.05, 0) is 62.0 Å². The maximum absolute atomic E-state index is 13.3. The molecule has 1 aliphatic rings. The van der Waals surface area contributed by atoms with E-state index in [1.165, 1.54) is 19.2 Å². The van der Waals surface area contributed by atoms with Crippen LogP contribution in [0, 0.1) is 11.7 Å². The number of aromatic nitrogens is 1. The van der Waals surface area contributed by atoms with E-state index >= 15 is 0 Å². The number of amides is 1. The van der Waals surface area contributed by atoms with Crippen LogP contribution in [0.4, 0.5) is 4.39 Å². The van der Waals surface area contributed by atoms with Crippen LogP contribution in [-0.2, 0) is 20.7 Å². The number of aromatic amines is 1. The predicted octanol–water partition coefficient (Wildman–Crippen LogP) is 2.71. The maximum Gasteiger partial charge on any atom is 0.328 e. The standard InChI is InChI=1S/C20H26FN3O3.ClH/c1-27-20(26)18(24-19(25)5-2-13-6-8-22-9-7-13)10-14-12-23-17-11-15(21)3-4-16(14)17;/h3-4,11-13,18,22-23H,2,5-10H2,1H3,(H,24,25);1H. The second kappa shape index (κ2) is 10.4. The number of benzene rings is 1. The zero-order chi connectivity index (χ0) is 19.2. The fraction of sp³-hybridized carbons (Fsp3) is 0.500. The van der Waals surface area contributed by atoms with E-state index in [9.17, 15) is 14.0 Å². The number of carbonyl (C=O) groups excluding carboxylic acids is 2. The summed E-state index contributed by atoms with van der Waals surface area (Å²) in [5.74, 6) is -0.403. The summed E-state index contributed by atoms with van der Waals surface area (Å²) < 4.78 is 18.2. The third-order valence-electron chi connectivity index (χ3n) is 5.21. The van der Waals surface area contributed by atoms with E-state index in [1.54, 1.807) is 12.3 Å². The number of carbonyl (C=O) groups is 2. The van der Waals surface area contributed by atoms with Gasteiger partial charge < -0.3 is 20.4 Å². The highest BCUT2D eigenvalue weighted by Gasteiger charge is 2.24. The number of nitrogens with one attached hydrogen (secondary N) is 3. The number of hydrogen-bond acceptors (Lipinski definition) is 4. The monoisotopic (exact) mass is 411 g/mol. The van der Waals surface area contributed by atoms with Gasteiger partial charge in [0.15, 0.2) is 0 Å². The van der Waals surface area contributed by atoms with Crippen LogP contribution >= 0.6 is 12.4 Å². The Kier molecular flexibility index (Phi) is 8.26. The molecule has 2 aromatic rings. The normalized spacial score (nSPS) is 15.6. The number of ether oxygens (including phenoxy) is 1. The van der Waals surface area contributed by atoms with E-state index in [4.69, 9.17) is 4.74 Å². The molecule has 0 spiro atoms. The molecular weight excluding hydrogens is 385 g/mol. The molecule has 1 saturated heterocycles. The van der Waals surface area contributed by atoms with Crippen LogP contribution in [0.25, 0.3) is 10.9 Å². The number of methoxy groups -OCH3 is 1. The Morgan fingerprint density at radius 3 is 2.79 bits per heavy atom. The van der Waals surface area contributed by atoms with Crippen molar-refractivity contribution in [2.24, 2.45) is 5.92 Å². The molecule has 1 aromatic carbocycles. The van der Waals surface area contributed by atoms with Crippen LogP contribution < -0.4 is 10.6 Å². The smallest absolute Gasteiger partial charge is 0.328 e. The Labute approximate surface area is 170 Å². The van der Waals surface area contributed by atoms with Crippen molar-refractivity contribution in [3.05, 3.63) is 35.8 Å². The van der Waals surface area contributed by atoms with Gasteiger partial charge in [-0.25, -0.2) is 9.18 Å². The van der Waals surface area contributed by atoms with Gasteiger partial charge in [0.25, 0.3) is 0 Å². The van der Waals surface area contributed by atoms with Crippen molar-refractivity contribution in [1.82, 2.24) is 15.6 Å². The summed E-state index contributed by atoms with van der Waals surface area (Å²) in [5.41, 5.74) is 1.49. The van der Waals surface area contributed by atoms with Crippen LogP contribution in [0.2, 0.25) is 0 Å².